The van der Waals surface area contributed by atoms with Crippen LogP contribution < -0.4 is 10.0 Å². The second-order valence-electron chi connectivity index (χ2n) is 4.60. The van der Waals surface area contributed by atoms with Crippen molar-refractivity contribution in [1.82, 2.24) is 10.0 Å². The molecule has 8 heteroatoms. The summed E-state index contributed by atoms with van der Waals surface area (Å²) >= 11 is 0.858. The summed E-state index contributed by atoms with van der Waals surface area (Å²) in [7, 11) is -2.26. The molecule has 0 unspecified atom stereocenters. The maximum atomic E-state index is 13.7. The third kappa shape index (κ3) is 3.70. The van der Waals surface area contributed by atoms with E-state index in [-0.39, 0.29) is 21.4 Å². The molecule has 2 rings (SSSR count). The number of sulfonamides is 1. The number of rotatable bonds is 5. The Bertz CT molecular complexity index is 800. The van der Waals surface area contributed by atoms with Gasteiger partial charge in [0, 0.05) is 12.1 Å². The maximum absolute atomic E-state index is 13.7. The van der Waals surface area contributed by atoms with Crippen molar-refractivity contribution in [2.75, 3.05) is 7.05 Å². The average molecular weight is 342 g/mol. The minimum Gasteiger partial charge on any atom is -0.347 e. The van der Waals surface area contributed by atoms with Crippen LogP contribution in [0, 0.1) is 12.7 Å². The summed E-state index contributed by atoms with van der Waals surface area (Å²) in [6, 6.07) is 7.54. The van der Waals surface area contributed by atoms with Crippen molar-refractivity contribution in [1.29, 1.82) is 0 Å². The molecule has 0 spiro atoms. The summed E-state index contributed by atoms with van der Waals surface area (Å²) < 4.78 is 39.1. The van der Waals surface area contributed by atoms with Gasteiger partial charge in [0.05, 0.1) is 4.88 Å². The van der Waals surface area contributed by atoms with Gasteiger partial charge in [0.1, 0.15) is 10.0 Å². The maximum Gasteiger partial charge on any atom is 0.261 e. The molecule has 0 bridgehead atoms. The first-order valence-electron chi connectivity index (χ1n) is 6.40. The van der Waals surface area contributed by atoms with Crippen molar-refractivity contribution in [2.24, 2.45) is 0 Å². The van der Waals surface area contributed by atoms with E-state index in [0.717, 1.165) is 16.9 Å². The van der Waals surface area contributed by atoms with Crippen molar-refractivity contribution in [3.05, 3.63) is 52.2 Å². The van der Waals surface area contributed by atoms with Crippen LogP contribution in [0.3, 0.4) is 0 Å². The van der Waals surface area contributed by atoms with Crippen LogP contribution >= 0.6 is 11.3 Å². The van der Waals surface area contributed by atoms with E-state index in [4.69, 9.17) is 0 Å². The van der Waals surface area contributed by atoms with Gasteiger partial charge in [0.25, 0.3) is 5.91 Å². The minimum atomic E-state index is -3.56. The number of carbonyl (C=O) groups is 1. The van der Waals surface area contributed by atoms with Crippen LogP contribution in [0.2, 0.25) is 0 Å². The average Bonchev–Trinajstić information content (AvgIpc) is 2.96. The van der Waals surface area contributed by atoms with E-state index in [1.807, 2.05) is 0 Å². The molecule has 0 fully saturated rings. The number of carbonyl (C=O) groups excluding carboxylic acids is 1. The molecule has 0 radical (unpaired) electrons. The van der Waals surface area contributed by atoms with Gasteiger partial charge < -0.3 is 5.32 Å². The highest BCUT2D eigenvalue weighted by atomic mass is 32.2. The molecule has 0 aliphatic heterocycles. The smallest absolute Gasteiger partial charge is 0.261 e. The first kappa shape index (κ1) is 16.6. The van der Waals surface area contributed by atoms with Gasteiger partial charge in [-0.15, -0.1) is 11.3 Å². The summed E-state index contributed by atoms with van der Waals surface area (Å²) in [6.45, 7) is 1.82. The Morgan fingerprint density at radius 3 is 2.64 bits per heavy atom. The summed E-state index contributed by atoms with van der Waals surface area (Å²) in [4.78, 5) is 12.2. The largest absolute Gasteiger partial charge is 0.347 e. The lowest BCUT2D eigenvalue weighted by atomic mass is 10.1. The van der Waals surface area contributed by atoms with Crippen LogP contribution in [0.15, 0.2) is 34.5 Å². The Morgan fingerprint density at radius 2 is 2.00 bits per heavy atom. The van der Waals surface area contributed by atoms with Gasteiger partial charge in [-0.05, 0) is 37.7 Å². The topological polar surface area (TPSA) is 75.3 Å². The molecule has 1 amide bonds. The molecular formula is C14H15FN2O3S2. The lowest BCUT2D eigenvalue weighted by Gasteiger charge is -2.06. The van der Waals surface area contributed by atoms with Crippen LogP contribution in [0.4, 0.5) is 4.39 Å². The van der Waals surface area contributed by atoms with Crippen LogP contribution in [0.25, 0.3) is 0 Å². The van der Waals surface area contributed by atoms with Crippen molar-refractivity contribution >= 4 is 27.3 Å². The molecule has 0 aliphatic carbocycles. The van der Waals surface area contributed by atoms with Gasteiger partial charge in [-0.2, -0.15) is 0 Å². The molecule has 0 atom stereocenters. The number of halogens is 1. The highest BCUT2D eigenvalue weighted by Crippen LogP contribution is 2.21. The highest BCUT2D eigenvalue weighted by molar-refractivity contribution is 7.91. The predicted octanol–water partition coefficient (Wildman–Crippen LogP) is 2.03. The van der Waals surface area contributed by atoms with E-state index in [1.54, 1.807) is 19.1 Å². The second kappa shape index (κ2) is 6.55. The lowest BCUT2D eigenvalue weighted by molar-refractivity contribution is 0.0954. The van der Waals surface area contributed by atoms with Gasteiger partial charge in [-0.1, -0.05) is 12.1 Å². The van der Waals surface area contributed by atoms with Gasteiger partial charge in [-0.3, -0.25) is 4.79 Å². The van der Waals surface area contributed by atoms with Crippen molar-refractivity contribution in [3.63, 3.8) is 0 Å². The zero-order chi connectivity index (χ0) is 16.3. The van der Waals surface area contributed by atoms with Crippen LogP contribution in [-0.4, -0.2) is 21.4 Å². The van der Waals surface area contributed by atoms with E-state index in [0.29, 0.717) is 5.56 Å². The Hall–Kier alpha value is -1.77. The first-order chi connectivity index (χ1) is 10.3. The number of hydrogen-bond acceptors (Lipinski definition) is 4. The highest BCUT2D eigenvalue weighted by Gasteiger charge is 2.17. The Kier molecular flexibility index (Phi) is 4.94. The van der Waals surface area contributed by atoms with Gasteiger partial charge in [-0.25, -0.2) is 17.5 Å². The molecule has 1 aromatic carbocycles. The Balaban J connectivity index is 2.07. The summed E-state index contributed by atoms with van der Waals surface area (Å²) in [5.74, 6) is -0.826. The fourth-order valence-corrected chi connectivity index (χ4v) is 3.81. The third-order valence-corrected chi connectivity index (χ3v) is 5.98. The summed E-state index contributed by atoms with van der Waals surface area (Å²) in [5, 5.41) is 2.57. The van der Waals surface area contributed by atoms with E-state index in [9.17, 15) is 17.6 Å². The summed E-state index contributed by atoms with van der Waals surface area (Å²) in [5.41, 5.74) is 1.17. The SMILES string of the molecule is CNS(=O)(=O)c1ccc(C(=O)NCc2ccc(C)cc2F)s1. The van der Waals surface area contributed by atoms with Crippen LogP contribution in [0.1, 0.15) is 20.8 Å². The Morgan fingerprint density at radius 1 is 1.27 bits per heavy atom. The second-order valence-corrected chi connectivity index (χ2v) is 7.80. The first-order valence-corrected chi connectivity index (χ1v) is 8.70. The molecule has 0 saturated heterocycles. The number of hydrogen-bond donors (Lipinski definition) is 2. The van der Waals surface area contributed by atoms with E-state index in [1.165, 1.54) is 25.2 Å². The van der Waals surface area contributed by atoms with Crippen LogP contribution in [0.5, 0.6) is 0 Å². The number of aryl methyl sites for hydroxylation is 1. The molecule has 2 N–H and O–H groups in total. The zero-order valence-electron chi connectivity index (χ0n) is 12.0. The minimum absolute atomic E-state index is 0.0386. The van der Waals surface area contributed by atoms with Gasteiger partial charge in [0.15, 0.2) is 0 Å². The lowest BCUT2D eigenvalue weighted by Crippen LogP contribution is -2.22. The third-order valence-electron chi connectivity index (χ3n) is 2.99. The van der Waals surface area contributed by atoms with Gasteiger partial charge in [0.2, 0.25) is 10.0 Å². The van der Waals surface area contributed by atoms with E-state index < -0.39 is 15.9 Å². The van der Waals surface area contributed by atoms with Crippen molar-refractivity contribution in [2.45, 2.75) is 17.7 Å². The molecule has 1 aromatic heterocycles. The standard InChI is InChI=1S/C14H15FN2O3S2/c1-9-3-4-10(11(15)7-9)8-17-14(18)12-5-6-13(21-12)22(19,20)16-2/h3-7,16H,8H2,1-2H3,(H,17,18). The van der Waals surface area contributed by atoms with Gasteiger partial charge >= 0.3 is 0 Å². The monoisotopic (exact) mass is 342 g/mol. The molecular weight excluding hydrogens is 327 g/mol. The zero-order valence-corrected chi connectivity index (χ0v) is 13.6. The fourth-order valence-electron chi connectivity index (χ4n) is 1.75. The fraction of sp³-hybridized carbons (Fsp3) is 0.214. The molecule has 0 saturated carbocycles. The molecule has 0 aliphatic rings. The molecule has 5 nitrogen and oxygen atoms in total. The molecule has 2 aromatic rings. The number of benzene rings is 1. The van der Waals surface area contributed by atoms with Crippen LogP contribution in [-0.2, 0) is 16.6 Å². The van der Waals surface area contributed by atoms with Crippen molar-refractivity contribution < 1.29 is 17.6 Å². The number of thiophene rings is 1. The molecule has 1 heterocycles. The number of amides is 1. The molecule has 22 heavy (non-hydrogen) atoms. The van der Waals surface area contributed by atoms with E-state index >= 15 is 0 Å². The van der Waals surface area contributed by atoms with Crippen molar-refractivity contribution in [3.8, 4) is 0 Å². The van der Waals surface area contributed by atoms with E-state index in [2.05, 4.69) is 10.0 Å². The quantitative estimate of drug-likeness (QED) is 0.873. The predicted molar refractivity (Wildman–Crippen MR) is 82.9 cm³/mol. The Labute approximate surface area is 132 Å². The molecule has 118 valence electrons. The normalized spacial score (nSPS) is 11.4. The summed E-state index contributed by atoms with van der Waals surface area (Å²) in [6.07, 6.45) is 0. The number of nitrogens with one attached hydrogen (secondary N) is 2.